The maximum atomic E-state index is 14.0. The number of fused-ring (bicyclic) bond motifs is 2. The van der Waals surface area contributed by atoms with Crippen LogP contribution < -0.4 is 11.1 Å². The van der Waals surface area contributed by atoms with E-state index in [1.807, 2.05) is 36.4 Å². The average molecular weight is 493 g/mol. The fraction of sp³-hybridized carbons (Fsp3) is 0.355. The molecule has 4 saturated carbocycles. The maximum Gasteiger partial charge on any atom is 0.268 e. The molecule has 4 atom stereocenters. The third-order valence-corrected chi connectivity index (χ3v) is 9.07. The molecule has 1 aromatic heterocycles. The Balaban J connectivity index is 1.31. The van der Waals surface area contributed by atoms with E-state index in [0.29, 0.717) is 36.1 Å². The van der Waals surface area contributed by atoms with Gasteiger partial charge in [0, 0.05) is 28.6 Å². The van der Waals surface area contributed by atoms with Gasteiger partial charge in [0.1, 0.15) is 11.5 Å². The van der Waals surface area contributed by atoms with Gasteiger partial charge >= 0.3 is 0 Å². The molecular formula is C31H32N4O2. The number of hydrogen-bond acceptors (Lipinski definition) is 3. The Labute approximate surface area is 216 Å². The van der Waals surface area contributed by atoms with E-state index in [2.05, 4.69) is 40.2 Å². The van der Waals surface area contributed by atoms with Gasteiger partial charge in [0.25, 0.3) is 5.91 Å². The number of carbonyl (C=O) groups excluding carboxylic acids is 1. The molecule has 4 aliphatic carbocycles. The normalized spacial score (nSPS) is 28.1. The van der Waals surface area contributed by atoms with Crippen LogP contribution in [0.3, 0.4) is 0 Å². The summed E-state index contributed by atoms with van der Waals surface area (Å²) in [6, 6.07) is 22.2. The molecule has 1 amide bonds. The summed E-state index contributed by atoms with van der Waals surface area (Å²) in [4.78, 5) is 14.0. The molecule has 8 rings (SSSR count). The van der Waals surface area contributed by atoms with E-state index in [1.54, 1.807) is 0 Å². The van der Waals surface area contributed by atoms with Crippen LogP contribution in [0, 0.1) is 17.2 Å². The lowest BCUT2D eigenvalue weighted by atomic mass is 9.51. The first kappa shape index (κ1) is 22.5. The van der Waals surface area contributed by atoms with Gasteiger partial charge in [-0.2, -0.15) is 0 Å². The van der Waals surface area contributed by atoms with Crippen LogP contribution in [0.5, 0.6) is 0 Å². The molecule has 0 spiro atoms. The number of amides is 1. The Kier molecular flexibility index (Phi) is 4.83. The number of amidine groups is 1. The van der Waals surface area contributed by atoms with Gasteiger partial charge in [-0.05, 0) is 78.8 Å². The van der Waals surface area contributed by atoms with Crippen molar-refractivity contribution in [2.24, 2.45) is 17.6 Å². The second-order valence-corrected chi connectivity index (χ2v) is 11.9. The SMILES string of the molecule is N=C(N)c1ccc2cc(C(=O)NC34CC5C[C@@H](CC(O)(C5)C3)C4)n(Cc3cccc4ccccc34)c2c1. The molecule has 0 saturated heterocycles. The van der Waals surface area contributed by atoms with Crippen LogP contribution in [0.2, 0.25) is 0 Å². The molecule has 5 N–H and O–H groups in total. The first-order valence-corrected chi connectivity index (χ1v) is 13.3. The van der Waals surface area contributed by atoms with Gasteiger partial charge in [0.05, 0.1) is 5.60 Å². The van der Waals surface area contributed by atoms with Crippen molar-refractivity contribution >= 4 is 33.4 Å². The molecule has 1 heterocycles. The van der Waals surface area contributed by atoms with Gasteiger partial charge in [0.2, 0.25) is 0 Å². The average Bonchev–Trinajstić information content (AvgIpc) is 3.20. The lowest BCUT2D eigenvalue weighted by molar-refractivity contribution is -0.139. The second-order valence-electron chi connectivity index (χ2n) is 11.9. The van der Waals surface area contributed by atoms with Crippen molar-refractivity contribution in [1.29, 1.82) is 5.41 Å². The maximum absolute atomic E-state index is 14.0. The van der Waals surface area contributed by atoms with Crippen LogP contribution >= 0.6 is 0 Å². The number of aromatic nitrogens is 1. The Hall–Kier alpha value is -3.64. The molecule has 3 aromatic carbocycles. The van der Waals surface area contributed by atoms with Crippen LogP contribution in [-0.4, -0.2) is 32.6 Å². The quantitative estimate of drug-likeness (QED) is 0.234. The molecule has 6 nitrogen and oxygen atoms in total. The highest BCUT2D eigenvalue weighted by atomic mass is 16.3. The highest BCUT2D eigenvalue weighted by molar-refractivity contribution is 6.02. The minimum atomic E-state index is -0.636. The van der Waals surface area contributed by atoms with E-state index < -0.39 is 5.60 Å². The summed E-state index contributed by atoms with van der Waals surface area (Å²) in [6.07, 6.45) is 5.48. The number of benzene rings is 3. The van der Waals surface area contributed by atoms with E-state index in [1.165, 1.54) is 6.42 Å². The fourth-order valence-corrected chi connectivity index (χ4v) is 8.05. The minimum Gasteiger partial charge on any atom is -0.390 e. The van der Waals surface area contributed by atoms with Crippen LogP contribution in [0.4, 0.5) is 0 Å². The number of carbonyl (C=O) groups is 1. The monoisotopic (exact) mass is 492 g/mol. The predicted octanol–water partition coefficient (Wildman–Crippen LogP) is 4.94. The highest BCUT2D eigenvalue weighted by Gasteiger charge is 2.57. The van der Waals surface area contributed by atoms with E-state index in [9.17, 15) is 9.90 Å². The number of rotatable bonds is 5. The summed E-state index contributed by atoms with van der Waals surface area (Å²) >= 11 is 0. The third-order valence-electron chi connectivity index (χ3n) is 9.07. The number of nitrogen functional groups attached to an aromatic ring is 1. The van der Waals surface area contributed by atoms with E-state index in [0.717, 1.165) is 52.9 Å². The molecular weight excluding hydrogens is 460 g/mol. The zero-order valence-electron chi connectivity index (χ0n) is 20.8. The van der Waals surface area contributed by atoms with Crippen molar-refractivity contribution in [2.45, 2.75) is 56.2 Å². The topological polar surface area (TPSA) is 104 Å². The molecule has 37 heavy (non-hydrogen) atoms. The Morgan fingerprint density at radius 2 is 1.76 bits per heavy atom. The first-order valence-electron chi connectivity index (χ1n) is 13.3. The van der Waals surface area contributed by atoms with Gasteiger partial charge in [0.15, 0.2) is 0 Å². The van der Waals surface area contributed by atoms with Crippen molar-refractivity contribution in [3.05, 3.63) is 83.6 Å². The van der Waals surface area contributed by atoms with Crippen LogP contribution in [0.25, 0.3) is 21.7 Å². The molecule has 0 aliphatic heterocycles. The molecule has 0 radical (unpaired) electrons. The molecule has 3 unspecified atom stereocenters. The number of nitrogens with zero attached hydrogens (tertiary/aromatic N) is 1. The van der Waals surface area contributed by atoms with Gasteiger partial charge in [-0.3, -0.25) is 10.2 Å². The Morgan fingerprint density at radius 3 is 2.51 bits per heavy atom. The number of hydrogen-bond donors (Lipinski definition) is 4. The summed E-state index contributed by atoms with van der Waals surface area (Å²) in [5, 5.41) is 25.9. The predicted molar refractivity (Wildman–Crippen MR) is 146 cm³/mol. The van der Waals surface area contributed by atoms with Crippen molar-refractivity contribution < 1.29 is 9.90 Å². The summed E-state index contributed by atoms with van der Waals surface area (Å²) in [6.45, 7) is 0.525. The molecule has 4 bridgehead atoms. The third kappa shape index (κ3) is 3.74. The molecule has 4 aliphatic rings. The molecule has 4 aromatic rings. The Bertz CT molecular complexity index is 1570. The Morgan fingerprint density at radius 1 is 1.00 bits per heavy atom. The van der Waals surface area contributed by atoms with E-state index in [-0.39, 0.29) is 17.3 Å². The number of aliphatic hydroxyl groups is 1. The van der Waals surface area contributed by atoms with Gasteiger partial charge < -0.3 is 20.7 Å². The lowest BCUT2D eigenvalue weighted by Crippen LogP contribution is -2.65. The van der Waals surface area contributed by atoms with Crippen LogP contribution in [-0.2, 0) is 6.54 Å². The van der Waals surface area contributed by atoms with E-state index >= 15 is 0 Å². The second kappa shape index (κ2) is 7.93. The zero-order valence-corrected chi connectivity index (χ0v) is 20.8. The van der Waals surface area contributed by atoms with Gasteiger partial charge in [-0.25, -0.2) is 0 Å². The summed E-state index contributed by atoms with van der Waals surface area (Å²) in [5.74, 6) is 0.899. The zero-order chi connectivity index (χ0) is 25.4. The minimum absolute atomic E-state index is 0.00706. The van der Waals surface area contributed by atoms with Crippen molar-refractivity contribution in [2.75, 3.05) is 0 Å². The van der Waals surface area contributed by atoms with Crippen molar-refractivity contribution in [3.63, 3.8) is 0 Å². The van der Waals surface area contributed by atoms with E-state index in [4.69, 9.17) is 11.1 Å². The van der Waals surface area contributed by atoms with Crippen molar-refractivity contribution in [1.82, 2.24) is 9.88 Å². The standard InChI is InChI=1S/C31H32N4O2/c32-28(33)23-9-8-22-11-27(29(36)34-30-13-19-10-20(14-30)16-31(37,15-19)18-30)35(26(22)12-23)17-24-6-3-5-21-4-1-2-7-25(21)24/h1-9,11-12,19-20,37H,10,13-18H2,(H3,32,33)(H,34,36)/t19-,20?,30?,31?/m1/s1. The largest absolute Gasteiger partial charge is 0.390 e. The number of nitrogens with one attached hydrogen (secondary N) is 2. The van der Waals surface area contributed by atoms with Gasteiger partial charge in [-0.1, -0.05) is 54.6 Å². The summed E-state index contributed by atoms with van der Waals surface area (Å²) < 4.78 is 2.06. The summed E-state index contributed by atoms with van der Waals surface area (Å²) in [5.41, 5.74) is 8.11. The first-order chi connectivity index (χ1) is 17.8. The van der Waals surface area contributed by atoms with Crippen molar-refractivity contribution in [3.8, 4) is 0 Å². The molecule has 188 valence electrons. The van der Waals surface area contributed by atoms with Crippen LogP contribution in [0.15, 0.2) is 66.7 Å². The number of nitrogens with two attached hydrogens (primary N) is 1. The summed E-state index contributed by atoms with van der Waals surface area (Å²) in [7, 11) is 0. The fourth-order valence-electron chi connectivity index (χ4n) is 8.05. The molecule has 6 heteroatoms. The van der Waals surface area contributed by atoms with Crippen LogP contribution in [0.1, 0.15) is 60.1 Å². The highest BCUT2D eigenvalue weighted by Crippen LogP contribution is 2.57. The molecule has 4 fully saturated rings. The lowest BCUT2D eigenvalue weighted by Gasteiger charge is -2.60. The smallest absolute Gasteiger partial charge is 0.268 e. The van der Waals surface area contributed by atoms with Gasteiger partial charge in [-0.15, -0.1) is 0 Å².